The van der Waals surface area contributed by atoms with Crippen molar-refractivity contribution in [1.29, 1.82) is 0 Å². The minimum Gasteiger partial charge on any atom is -0.373 e. The molecule has 0 amide bonds. The second kappa shape index (κ2) is 5.45. The summed E-state index contributed by atoms with van der Waals surface area (Å²) in [6.45, 7) is 0.616. The van der Waals surface area contributed by atoms with Crippen LogP contribution in [0.4, 0.5) is 16.0 Å². The molecule has 0 radical (unpaired) electrons. The van der Waals surface area contributed by atoms with Crippen molar-refractivity contribution in [2.75, 3.05) is 17.7 Å². The molecule has 0 atom stereocenters. The van der Waals surface area contributed by atoms with Gasteiger partial charge in [-0.3, -0.25) is 0 Å². The predicted molar refractivity (Wildman–Crippen MR) is 77.3 cm³/mol. The SMILES string of the molecule is CNc1cc(NCc2ccc(F)cc2)nc(C2CC2)n1. The van der Waals surface area contributed by atoms with Crippen LogP contribution in [0.1, 0.15) is 30.1 Å². The van der Waals surface area contributed by atoms with Crippen LogP contribution in [-0.2, 0) is 6.54 Å². The van der Waals surface area contributed by atoms with Crippen LogP contribution in [0.2, 0.25) is 0 Å². The Morgan fingerprint density at radius 3 is 2.50 bits per heavy atom. The van der Waals surface area contributed by atoms with Gasteiger partial charge in [-0.2, -0.15) is 0 Å². The van der Waals surface area contributed by atoms with Crippen LogP contribution in [-0.4, -0.2) is 17.0 Å². The highest BCUT2D eigenvalue weighted by atomic mass is 19.1. The van der Waals surface area contributed by atoms with Crippen molar-refractivity contribution in [3.05, 3.63) is 47.5 Å². The maximum absolute atomic E-state index is 12.8. The molecule has 1 aliphatic carbocycles. The van der Waals surface area contributed by atoms with Crippen LogP contribution < -0.4 is 10.6 Å². The second-order valence-corrected chi connectivity index (χ2v) is 5.00. The number of rotatable bonds is 5. The number of nitrogens with zero attached hydrogens (tertiary/aromatic N) is 2. The van der Waals surface area contributed by atoms with Crippen molar-refractivity contribution >= 4 is 11.6 Å². The van der Waals surface area contributed by atoms with Crippen LogP contribution in [0, 0.1) is 5.82 Å². The van der Waals surface area contributed by atoms with Gasteiger partial charge in [0.15, 0.2) is 0 Å². The summed E-state index contributed by atoms with van der Waals surface area (Å²) in [6.07, 6.45) is 2.34. The van der Waals surface area contributed by atoms with Crippen LogP contribution in [0.15, 0.2) is 30.3 Å². The van der Waals surface area contributed by atoms with Crippen LogP contribution >= 0.6 is 0 Å². The van der Waals surface area contributed by atoms with Crippen LogP contribution in [0.25, 0.3) is 0 Å². The summed E-state index contributed by atoms with van der Waals surface area (Å²) in [7, 11) is 1.85. The van der Waals surface area contributed by atoms with Gasteiger partial charge in [-0.05, 0) is 30.5 Å². The zero-order valence-corrected chi connectivity index (χ0v) is 11.4. The summed E-state index contributed by atoms with van der Waals surface area (Å²) in [5.41, 5.74) is 1.02. The lowest BCUT2D eigenvalue weighted by atomic mass is 10.2. The van der Waals surface area contributed by atoms with Gasteiger partial charge in [0.1, 0.15) is 23.3 Å². The number of benzene rings is 1. The molecule has 20 heavy (non-hydrogen) atoms. The molecule has 1 aromatic carbocycles. The number of hydrogen-bond donors (Lipinski definition) is 2. The number of aromatic nitrogens is 2. The lowest BCUT2D eigenvalue weighted by Gasteiger charge is -2.09. The molecule has 2 aromatic rings. The summed E-state index contributed by atoms with van der Waals surface area (Å²) in [6, 6.07) is 8.35. The van der Waals surface area contributed by atoms with Crippen LogP contribution in [0.5, 0.6) is 0 Å². The number of anilines is 2. The molecule has 1 fully saturated rings. The lowest BCUT2D eigenvalue weighted by Crippen LogP contribution is -2.06. The van der Waals surface area contributed by atoms with Gasteiger partial charge < -0.3 is 10.6 Å². The number of nitrogens with one attached hydrogen (secondary N) is 2. The van der Waals surface area contributed by atoms with Crippen molar-refractivity contribution < 1.29 is 4.39 Å². The first-order chi connectivity index (χ1) is 9.74. The van der Waals surface area contributed by atoms with E-state index in [2.05, 4.69) is 20.6 Å². The van der Waals surface area contributed by atoms with E-state index in [1.54, 1.807) is 12.1 Å². The average Bonchev–Trinajstić information content (AvgIpc) is 3.31. The molecule has 1 aliphatic rings. The van der Waals surface area contributed by atoms with Gasteiger partial charge in [-0.1, -0.05) is 12.1 Å². The Kier molecular flexibility index (Phi) is 3.50. The highest BCUT2D eigenvalue weighted by Crippen LogP contribution is 2.38. The summed E-state index contributed by atoms with van der Waals surface area (Å²) in [5.74, 6) is 2.82. The molecule has 0 unspecified atom stereocenters. The van der Waals surface area contributed by atoms with E-state index in [0.29, 0.717) is 12.5 Å². The number of halogens is 1. The van der Waals surface area contributed by atoms with Gasteiger partial charge in [-0.15, -0.1) is 0 Å². The fourth-order valence-electron chi connectivity index (χ4n) is 2.00. The molecule has 0 bridgehead atoms. The van der Waals surface area contributed by atoms with Gasteiger partial charge in [-0.25, -0.2) is 14.4 Å². The minimum atomic E-state index is -0.218. The van der Waals surface area contributed by atoms with Crippen molar-refractivity contribution in [2.45, 2.75) is 25.3 Å². The summed E-state index contributed by atoms with van der Waals surface area (Å²) >= 11 is 0. The predicted octanol–water partition coefficient (Wildman–Crippen LogP) is 3.15. The summed E-state index contributed by atoms with van der Waals surface area (Å²) in [4.78, 5) is 9.01. The van der Waals surface area contributed by atoms with Gasteiger partial charge in [0.2, 0.25) is 0 Å². The zero-order chi connectivity index (χ0) is 13.9. The van der Waals surface area contributed by atoms with E-state index < -0.39 is 0 Å². The molecule has 0 aliphatic heterocycles. The van der Waals surface area contributed by atoms with E-state index in [-0.39, 0.29) is 5.82 Å². The van der Waals surface area contributed by atoms with Crippen molar-refractivity contribution in [3.8, 4) is 0 Å². The van der Waals surface area contributed by atoms with Gasteiger partial charge in [0.05, 0.1) is 0 Å². The topological polar surface area (TPSA) is 49.8 Å². The molecule has 0 spiro atoms. The van der Waals surface area contributed by atoms with Crippen molar-refractivity contribution in [3.63, 3.8) is 0 Å². The van der Waals surface area contributed by atoms with Crippen molar-refractivity contribution in [2.24, 2.45) is 0 Å². The maximum atomic E-state index is 12.8. The zero-order valence-electron chi connectivity index (χ0n) is 11.4. The largest absolute Gasteiger partial charge is 0.373 e. The summed E-state index contributed by atoms with van der Waals surface area (Å²) in [5, 5.41) is 6.32. The Labute approximate surface area is 117 Å². The molecule has 104 valence electrons. The summed E-state index contributed by atoms with van der Waals surface area (Å²) < 4.78 is 12.8. The van der Waals surface area contributed by atoms with Gasteiger partial charge in [0.25, 0.3) is 0 Å². The fourth-order valence-corrected chi connectivity index (χ4v) is 2.00. The highest BCUT2D eigenvalue weighted by Gasteiger charge is 2.27. The molecule has 1 saturated carbocycles. The quantitative estimate of drug-likeness (QED) is 0.878. The first kappa shape index (κ1) is 12.8. The van der Waals surface area contributed by atoms with E-state index in [1.165, 1.54) is 25.0 Å². The third kappa shape index (κ3) is 3.04. The molecular weight excluding hydrogens is 255 g/mol. The third-order valence-corrected chi connectivity index (χ3v) is 3.33. The maximum Gasteiger partial charge on any atom is 0.136 e. The standard InChI is InChI=1S/C15H17FN4/c1-17-13-8-14(20-15(19-13)11-4-5-11)18-9-10-2-6-12(16)7-3-10/h2-3,6-8,11H,4-5,9H2,1H3,(H2,17,18,19,20). The monoisotopic (exact) mass is 272 g/mol. The Morgan fingerprint density at radius 2 is 1.85 bits per heavy atom. The Hall–Kier alpha value is -2.17. The van der Waals surface area contributed by atoms with Gasteiger partial charge >= 0.3 is 0 Å². The molecule has 4 nitrogen and oxygen atoms in total. The second-order valence-electron chi connectivity index (χ2n) is 5.00. The normalized spacial score (nSPS) is 14.1. The minimum absolute atomic E-state index is 0.218. The van der Waals surface area contributed by atoms with E-state index >= 15 is 0 Å². The molecular formula is C15H17FN4. The van der Waals surface area contributed by atoms with E-state index in [9.17, 15) is 4.39 Å². The smallest absolute Gasteiger partial charge is 0.136 e. The molecule has 1 aromatic heterocycles. The first-order valence-corrected chi connectivity index (χ1v) is 6.79. The molecule has 3 rings (SSSR count). The Bertz CT molecular complexity index is 593. The van der Waals surface area contributed by atoms with Gasteiger partial charge in [0, 0.05) is 25.6 Å². The van der Waals surface area contributed by atoms with E-state index in [1.807, 2.05) is 13.1 Å². The molecule has 0 saturated heterocycles. The lowest BCUT2D eigenvalue weighted by molar-refractivity contribution is 0.627. The third-order valence-electron chi connectivity index (χ3n) is 3.33. The first-order valence-electron chi connectivity index (χ1n) is 6.79. The fraction of sp³-hybridized carbons (Fsp3) is 0.333. The Morgan fingerprint density at radius 1 is 1.15 bits per heavy atom. The molecule has 2 N–H and O–H groups in total. The van der Waals surface area contributed by atoms with E-state index in [0.717, 1.165) is 23.0 Å². The number of hydrogen-bond acceptors (Lipinski definition) is 4. The van der Waals surface area contributed by atoms with Crippen molar-refractivity contribution in [1.82, 2.24) is 9.97 Å². The highest BCUT2D eigenvalue weighted by molar-refractivity contribution is 5.48. The molecule has 5 heteroatoms. The van der Waals surface area contributed by atoms with E-state index in [4.69, 9.17) is 0 Å². The Balaban J connectivity index is 1.72. The average molecular weight is 272 g/mol. The van der Waals surface area contributed by atoms with Crippen LogP contribution in [0.3, 0.4) is 0 Å². The molecule has 1 heterocycles.